The average Bonchev–Trinajstić information content (AvgIpc) is 2.27. The first kappa shape index (κ1) is 12.1. The summed E-state index contributed by atoms with van der Waals surface area (Å²) in [5.74, 6) is -0.604. The van der Waals surface area contributed by atoms with Crippen LogP contribution in [0.3, 0.4) is 0 Å². The highest BCUT2D eigenvalue weighted by Crippen LogP contribution is 2.45. The highest BCUT2D eigenvalue weighted by Gasteiger charge is 2.43. The molecule has 5 nitrogen and oxygen atoms in total. The standard InChI is InChI=1S/C12H17NO4/c1-17-11(16)8-2-4-12(5-3-8)6-9(14)13-10(15)7-12/h8H,2-7H2,1H3,(H,13,14,15). The molecule has 1 saturated heterocycles. The number of carbonyl (C=O) groups is 3. The van der Waals surface area contributed by atoms with E-state index in [9.17, 15) is 14.4 Å². The highest BCUT2D eigenvalue weighted by atomic mass is 16.5. The molecule has 0 unspecified atom stereocenters. The van der Waals surface area contributed by atoms with Crippen LogP contribution in [-0.2, 0) is 19.1 Å². The van der Waals surface area contributed by atoms with E-state index in [1.165, 1.54) is 7.11 Å². The lowest BCUT2D eigenvalue weighted by atomic mass is 9.65. The molecule has 2 rings (SSSR count). The molecule has 1 saturated carbocycles. The summed E-state index contributed by atoms with van der Waals surface area (Å²) < 4.78 is 4.72. The zero-order chi connectivity index (χ0) is 12.5. The minimum atomic E-state index is -0.204. The van der Waals surface area contributed by atoms with E-state index >= 15 is 0 Å². The van der Waals surface area contributed by atoms with Crippen LogP contribution in [0.1, 0.15) is 38.5 Å². The zero-order valence-corrected chi connectivity index (χ0v) is 9.95. The average molecular weight is 239 g/mol. The summed E-state index contributed by atoms with van der Waals surface area (Å²) in [7, 11) is 1.39. The largest absolute Gasteiger partial charge is 0.469 e. The lowest BCUT2D eigenvalue weighted by molar-refractivity contribution is -0.148. The smallest absolute Gasteiger partial charge is 0.308 e. The first-order valence-electron chi connectivity index (χ1n) is 5.95. The van der Waals surface area contributed by atoms with Gasteiger partial charge in [-0.2, -0.15) is 0 Å². The zero-order valence-electron chi connectivity index (χ0n) is 9.95. The fourth-order valence-corrected chi connectivity index (χ4v) is 2.97. The van der Waals surface area contributed by atoms with Gasteiger partial charge >= 0.3 is 5.97 Å². The Morgan fingerprint density at radius 2 is 1.76 bits per heavy atom. The van der Waals surface area contributed by atoms with E-state index < -0.39 is 0 Å². The Bertz CT molecular complexity index is 338. The molecule has 0 aromatic carbocycles. The van der Waals surface area contributed by atoms with E-state index in [2.05, 4.69) is 5.32 Å². The number of esters is 1. The Hall–Kier alpha value is -1.39. The van der Waals surface area contributed by atoms with Crippen LogP contribution in [0.15, 0.2) is 0 Å². The van der Waals surface area contributed by atoms with Gasteiger partial charge in [0.2, 0.25) is 11.8 Å². The second kappa shape index (κ2) is 4.47. The van der Waals surface area contributed by atoms with E-state index in [4.69, 9.17) is 4.74 Å². The Balaban J connectivity index is 1.99. The van der Waals surface area contributed by atoms with Crippen LogP contribution < -0.4 is 5.32 Å². The van der Waals surface area contributed by atoms with Crippen LogP contribution >= 0.6 is 0 Å². The van der Waals surface area contributed by atoms with E-state index in [-0.39, 0.29) is 29.1 Å². The summed E-state index contributed by atoms with van der Waals surface area (Å²) in [6.07, 6.45) is 3.76. The Labute approximate surface area is 99.9 Å². The lowest BCUT2D eigenvalue weighted by Gasteiger charge is -2.40. The number of methoxy groups -OCH3 is 1. The quantitative estimate of drug-likeness (QED) is 0.542. The van der Waals surface area contributed by atoms with Crippen molar-refractivity contribution in [1.82, 2.24) is 5.32 Å². The molecule has 1 spiro atoms. The van der Waals surface area contributed by atoms with E-state index in [1.807, 2.05) is 0 Å². The number of imide groups is 1. The van der Waals surface area contributed by atoms with Gasteiger partial charge in [0.05, 0.1) is 13.0 Å². The van der Waals surface area contributed by atoms with Gasteiger partial charge in [0, 0.05) is 12.8 Å². The van der Waals surface area contributed by atoms with Gasteiger partial charge in [-0.25, -0.2) is 0 Å². The van der Waals surface area contributed by atoms with Crippen molar-refractivity contribution in [1.29, 1.82) is 0 Å². The van der Waals surface area contributed by atoms with Gasteiger partial charge in [-0.05, 0) is 31.1 Å². The van der Waals surface area contributed by atoms with Crippen molar-refractivity contribution in [2.75, 3.05) is 7.11 Å². The molecular formula is C12H17NO4. The van der Waals surface area contributed by atoms with Gasteiger partial charge in [0.25, 0.3) is 0 Å². The first-order chi connectivity index (χ1) is 8.04. The number of piperidine rings is 1. The van der Waals surface area contributed by atoms with Gasteiger partial charge < -0.3 is 4.74 Å². The molecule has 1 N–H and O–H groups in total. The third kappa shape index (κ3) is 2.48. The maximum atomic E-state index is 11.4. The fourth-order valence-electron chi connectivity index (χ4n) is 2.97. The van der Waals surface area contributed by atoms with Gasteiger partial charge in [-0.3, -0.25) is 19.7 Å². The number of hydrogen-bond acceptors (Lipinski definition) is 4. The van der Waals surface area contributed by atoms with E-state index in [0.29, 0.717) is 25.7 Å². The van der Waals surface area contributed by atoms with Crippen LogP contribution in [-0.4, -0.2) is 24.9 Å². The molecule has 2 aliphatic rings. The molecule has 0 aromatic rings. The van der Waals surface area contributed by atoms with Gasteiger partial charge in [-0.1, -0.05) is 0 Å². The van der Waals surface area contributed by atoms with Crippen molar-refractivity contribution >= 4 is 17.8 Å². The molecule has 0 aromatic heterocycles. The fraction of sp³-hybridized carbons (Fsp3) is 0.750. The van der Waals surface area contributed by atoms with Gasteiger partial charge in [-0.15, -0.1) is 0 Å². The molecule has 17 heavy (non-hydrogen) atoms. The Morgan fingerprint density at radius 3 is 2.24 bits per heavy atom. The predicted octanol–water partition coefficient (Wildman–Crippen LogP) is 0.773. The number of amides is 2. The van der Waals surface area contributed by atoms with Crippen LogP contribution in [0.4, 0.5) is 0 Å². The minimum Gasteiger partial charge on any atom is -0.469 e. The third-order valence-corrected chi connectivity index (χ3v) is 3.93. The molecule has 1 aliphatic heterocycles. The second-order valence-electron chi connectivity index (χ2n) is 5.12. The topological polar surface area (TPSA) is 72.5 Å². The number of nitrogens with one attached hydrogen (secondary N) is 1. The molecule has 0 atom stereocenters. The minimum absolute atomic E-state index is 0.0642. The number of ether oxygens (including phenoxy) is 1. The maximum Gasteiger partial charge on any atom is 0.308 e. The van der Waals surface area contributed by atoms with Crippen molar-refractivity contribution in [3.8, 4) is 0 Å². The molecule has 0 radical (unpaired) electrons. The number of rotatable bonds is 1. The van der Waals surface area contributed by atoms with Crippen LogP contribution in [0.25, 0.3) is 0 Å². The Morgan fingerprint density at radius 1 is 1.24 bits per heavy atom. The van der Waals surface area contributed by atoms with Gasteiger partial charge in [0.1, 0.15) is 0 Å². The van der Waals surface area contributed by atoms with Crippen molar-refractivity contribution in [3.05, 3.63) is 0 Å². The first-order valence-corrected chi connectivity index (χ1v) is 5.95. The molecule has 2 fully saturated rings. The van der Waals surface area contributed by atoms with Crippen LogP contribution in [0.5, 0.6) is 0 Å². The molecule has 1 heterocycles. The normalized spacial score (nSPS) is 24.5. The summed E-state index contributed by atoms with van der Waals surface area (Å²) in [4.78, 5) is 34.2. The Kier molecular flexibility index (Phi) is 3.17. The molecular weight excluding hydrogens is 222 g/mol. The summed E-state index contributed by atoms with van der Waals surface area (Å²) >= 11 is 0. The van der Waals surface area contributed by atoms with Crippen molar-refractivity contribution in [2.24, 2.45) is 11.3 Å². The van der Waals surface area contributed by atoms with Crippen molar-refractivity contribution in [2.45, 2.75) is 38.5 Å². The monoisotopic (exact) mass is 239 g/mol. The van der Waals surface area contributed by atoms with E-state index in [0.717, 1.165) is 12.8 Å². The molecule has 94 valence electrons. The third-order valence-electron chi connectivity index (χ3n) is 3.93. The summed E-state index contributed by atoms with van der Waals surface area (Å²) in [5, 5.41) is 2.33. The number of carbonyl (C=O) groups excluding carboxylic acids is 3. The van der Waals surface area contributed by atoms with Crippen LogP contribution in [0.2, 0.25) is 0 Å². The number of hydrogen-bond donors (Lipinski definition) is 1. The highest BCUT2D eigenvalue weighted by molar-refractivity contribution is 5.98. The molecule has 0 bridgehead atoms. The van der Waals surface area contributed by atoms with Crippen molar-refractivity contribution < 1.29 is 19.1 Å². The SMILES string of the molecule is COC(=O)C1CCC2(CC1)CC(=O)NC(=O)C2. The van der Waals surface area contributed by atoms with Crippen molar-refractivity contribution in [3.63, 3.8) is 0 Å². The maximum absolute atomic E-state index is 11.4. The second-order valence-corrected chi connectivity index (χ2v) is 5.12. The summed E-state index contributed by atoms with van der Waals surface area (Å²) in [6.45, 7) is 0. The molecule has 5 heteroatoms. The van der Waals surface area contributed by atoms with E-state index in [1.54, 1.807) is 0 Å². The molecule has 1 aliphatic carbocycles. The predicted molar refractivity (Wildman–Crippen MR) is 58.8 cm³/mol. The summed E-state index contributed by atoms with van der Waals surface area (Å²) in [5.41, 5.74) is -0.204. The summed E-state index contributed by atoms with van der Waals surface area (Å²) in [6, 6.07) is 0. The molecule has 2 amide bonds. The van der Waals surface area contributed by atoms with Crippen LogP contribution in [0, 0.1) is 11.3 Å². The van der Waals surface area contributed by atoms with Gasteiger partial charge in [0.15, 0.2) is 0 Å². The lowest BCUT2D eigenvalue weighted by Crippen LogP contribution is -2.46.